The molecular formula is C16H17ClF3N3O. The molecule has 130 valence electrons. The van der Waals surface area contributed by atoms with E-state index in [0.717, 1.165) is 0 Å². The summed E-state index contributed by atoms with van der Waals surface area (Å²) in [6, 6.07) is 5.67. The van der Waals surface area contributed by atoms with Gasteiger partial charge >= 0.3 is 6.18 Å². The quantitative estimate of drug-likeness (QED) is 0.892. The van der Waals surface area contributed by atoms with Crippen molar-refractivity contribution in [2.75, 3.05) is 18.4 Å². The minimum atomic E-state index is -4.24. The van der Waals surface area contributed by atoms with Crippen LogP contribution in [0.15, 0.2) is 18.2 Å². The molecule has 1 N–H and O–H groups in total. The molecule has 1 saturated heterocycles. The molecule has 1 aromatic carbocycles. The number of benzene rings is 1. The van der Waals surface area contributed by atoms with Crippen molar-refractivity contribution in [1.29, 1.82) is 5.26 Å². The van der Waals surface area contributed by atoms with Crippen molar-refractivity contribution in [1.82, 2.24) is 4.90 Å². The molecular weight excluding hydrogens is 343 g/mol. The summed E-state index contributed by atoms with van der Waals surface area (Å²) in [5.41, 5.74) is 0.687. The number of carbonyl (C=O) groups is 1. The number of anilines is 1. The van der Waals surface area contributed by atoms with Crippen LogP contribution in [0.25, 0.3) is 0 Å². The first-order valence-electron chi connectivity index (χ1n) is 7.53. The zero-order chi connectivity index (χ0) is 17.9. The van der Waals surface area contributed by atoms with E-state index in [4.69, 9.17) is 16.9 Å². The maximum atomic E-state index is 12.9. The fourth-order valence-corrected chi connectivity index (χ4v) is 2.94. The van der Waals surface area contributed by atoms with Crippen LogP contribution in [0.2, 0.25) is 5.02 Å². The molecule has 0 aromatic heterocycles. The normalized spacial score (nSPS) is 20.2. The van der Waals surface area contributed by atoms with Gasteiger partial charge in [-0.25, -0.2) is 0 Å². The molecule has 1 amide bonds. The van der Waals surface area contributed by atoms with Crippen LogP contribution >= 0.6 is 11.6 Å². The van der Waals surface area contributed by atoms with Crippen LogP contribution in [0, 0.1) is 17.2 Å². The predicted molar refractivity (Wildman–Crippen MR) is 84.6 cm³/mol. The number of rotatable bonds is 3. The van der Waals surface area contributed by atoms with E-state index in [1.165, 1.54) is 18.2 Å². The Morgan fingerprint density at radius 2 is 2.21 bits per heavy atom. The third-order valence-electron chi connectivity index (χ3n) is 4.20. The summed E-state index contributed by atoms with van der Waals surface area (Å²) in [7, 11) is 0. The fourth-order valence-electron chi connectivity index (χ4n) is 2.72. The van der Waals surface area contributed by atoms with Crippen molar-refractivity contribution < 1.29 is 18.0 Å². The van der Waals surface area contributed by atoms with E-state index in [2.05, 4.69) is 5.32 Å². The second kappa shape index (κ2) is 7.41. The van der Waals surface area contributed by atoms with E-state index >= 15 is 0 Å². The molecule has 1 aliphatic rings. The Hall–Kier alpha value is -1.78. The van der Waals surface area contributed by atoms with Gasteiger partial charge in [0.05, 0.1) is 22.5 Å². The van der Waals surface area contributed by atoms with Crippen LogP contribution in [-0.4, -0.2) is 36.1 Å². The van der Waals surface area contributed by atoms with E-state index < -0.39 is 24.0 Å². The predicted octanol–water partition coefficient (Wildman–Crippen LogP) is 3.81. The van der Waals surface area contributed by atoms with Gasteiger partial charge in [-0.3, -0.25) is 9.69 Å². The summed E-state index contributed by atoms with van der Waals surface area (Å²) in [6.45, 7) is 1.86. The fraction of sp³-hybridized carbons (Fsp3) is 0.500. The Morgan fingerprint density at radius 1 is 1.50 bits per heavy atom. The number of hydrogen-bond acceptors (Lipinski definition) is 3. The number of amides is 1. The van der Waals surface area contributed by atoms with Crippen LogP contribution in [0.3, 0.4) is 0 Å². The van der Waals surface area contributed by atoms with Crippen LogP contribution < -0.4 is 5.32 Å². The highest BCUT2D eigenvalue weighted by Gasteiger charge is 2.43. The van der Waals surface area contributed by atoms with Gasteiger partial charge in [-0.15, -0.1) is 0 Å². The number of carbonyl (C=O) groups excluding carboxylic acids is 1. The number of nitrogens with one attached hydrogen (secondary N) is 1. The standard InChI is InChI=1S/C16H17ClF3N3O/c1-10(23-6-2-3-12(9-23)16(18,19)20)15(24)22-13-5-4-11(8-21)14(17)7-13/h4-5,7,10,12H,2-3,6,9H2,1H3,(H,22,24)/t10-,12+/m1/s1. The first-order chi connectivity index (χ1) is 11.2. The lowest BCUT2D eigenvalue weighted by molar-refractivity contribution is -0.188. The van der Waals surface area contributed by atoms with Gasteiger partial charge in [0.15, 0.2) is 0 Å². The molecule has 0 saturated carbocycles. The highest BCUT2D eigenvalue weighted by Crippen LogP contribution is 2.33. The summed E-state index contributed by atoms with van der Waals surface area (Å²) >= 11 is 5.90. The molecule has 0 unspecified atom stereocenters. The van der Waals surface area contributed by atoms with E-state index in [1.807, 2.05) is 6.07 Å². The average molecular weight is 360 g/mol. The molecule has 0 radical (unpaired) electrons. The van der Waals surface area contributed by atoms with Gasteiger partial charge in [-0.2, -0.15) is 18.4 Å². The summed E-state index contributed by atoms with van der Waals surface area (Å²) in [5, 5.41) is 11.7. The Bertz CT molecular complexity index is 657. The molecule has 0 aliphatic carbocycles. The smallest absolute Gasteiger partial charge is 0.325 e. The van der Waals surface area contributed by atoms with Gasteiger partial charge in [-0.1, -0.05) is 11.6 Å². The Morgan fingerprint density at radius 3 is 2.79 bits per heavy atom. The van der Waals surface area contributed by atoms with Crippen LogP contribution in [0.4, 0.5) is 18.9 Å². The first kappa shape index (κ1) is 18.6. The second-order valence-corrected chi connectivity index (χ2v) is 6.25. The third-order valence-corrected chi connectivity index (χ3v) is 4.51. The van der Waals surface area contributed by atoms with Crippen LogP contribution in [0.5, 0.6) is 0 Å². The van der Waals surface area contributed by atoms with Crippen LogP contribution in [-0.2, 0) is 4.79 Å². The summed E-state index contributed by atoms with van der Waals surface area (Å²) in [5.74, 6) is -1.80. The van der Waals surface area contributed by atoms with Crippen molar-refractivity contribution in [3.8, 4) is 6.07 Å². The van der Waals surface area contributed by atoms with E-state index in [1.54, 1.807) is 11.8 Å². The van der Waals surface area contributed by atoms with Crippen LogP contribution in [0.1, 0.15) is 25.3 Å². The minimum Gasteiger partial charge on any atom is -0.325 e. The van der Waals surface area contributed by atoms with Gasteiger partial charge in [0.25, 0.3) is 0 Å². The molecule has 0 bridgehead atoms. The van der Waals surface area contributed by atoms with Gasteiger partial charge in [0, 0.05) is 12.2 Å². The molecule has 1 aliphatic heterocycles. The van der Waals surface area contributed by atoms with E-state index in [9.17, 15) is 18.0 Å². The molecule has 4 nitrogen and oxygen atoms in total. The average Bonchev–Trinajstić information content (AvgIpc) is 2.53. The Labute approximate surface area is 143 Å². The molecule has 1 aromatic rings. The molecule has 8 heteroatoms. The van der Waals surface area contributed by atoms with E-state index in [-0.39, 0.29) is 23.6 Å². The Balaban J connectivity index is 2.01. The minimum absolute atomic E-state index is 0.0968. The number of likely N-dealkylation sites (tertiary alicyclic amines) is 1. The highest BCUT2D eigenvalue weighted by molar-refractivity contribution is 6.32. The lowest BCUT2D eigenvalue weighted by Gasteiger charge is -2.36. The van der Waals surface area contributed by atoms with Crippen molar-refractivity contribution in [2.45, 2.75) is 32.0 Å². The molecule has 2 atom stereocenters. The maximum absolute atomic E-state index is 12.9. The number of nitrogens with zero attached hydrogens (tertiary/aromatic N) is 2. The molecule has 1 heterocycles. The number of alkyl halides is 3. The van der Waals surface area contributed by atoms with Gasteiger partial charge in [0.1, 0.15) is 6.07 Å². The van der Waals surface area contributed by atoms with Crippen molar-refractivity contribution in [3.63, 3.8) is 0 Å². The number of piperidine rings is 1. The summed E-state index contributed by atoms with van der Waals surface area (Å²) in [6.07, 6.45) is -3.74. The Kier molecular flexibility index (Phi) is 5.73. The molecule has 1 fully saturated rings. The SMILES string of the molecule is C[C@H](C(=O)Nc1ccc(C#N)c(Cl)c1)N1CCC[C@H](C(F)(F)F)C1. The third kappa shape index (κ3) is 4.40. The monoisotopic (exact) mass is 359 g/mol. The second-order valence-electron chi connectivity index (χ2n) is 5.85. The van der Waals surface area contributed by atoms with Gasteiger partial charge in [0.2, 0.25) is 5.91 Å². The van der Waals surface area contributed by atoms with Crippen molar-refractivity contribution in [3.05, 3.63) is 28.8 Å². The molecule has 2 rings (SSSR count). The number of nitriles is 1. The summed E-state index contributed by atoms with van der Waals surface area (Å²) < 4.78 is 38.6. The van der Waals surface area contributed by atoms with Gasteiger partial charge < -0.3 is 5.32 Å². The molecule has 24 heavy (non-hydrogen) atoms. The number of halogens is 4. The first-order valence-corrected chi connectivity index (χ1v) is 7.91. The van der Waals surface area contributed by atoms with E-state index in [0.29, 0.717) is 18.7 Å². The zero-order valence-corrected chi connectivity index (χ0v) is 13.8. The van der Waals surface area contributed by atoms with Crippen molar-refractivity contribution in [2.24, 2.45) is 5.92 Å². The zero-order valence-electron chi connectivity index (χ0n) is 13.0. The lowest BCUT2D eigenvalue weighted by Crippen LogP contribution is -2.49. The number of hydrogen-bond donors (Lipinski definition) is 1. The van der Waals surface area contributed by atoms with Gasteiger partial charge in [-0.05, 0) is 44.5 Å². The molecule has 0 spiro atoms. The summed E-state index contributed by atoms with van der Waals surface area (Å²) in [4.78, 5) is 13.8. The lowest BCUT2D eigenvalue weighted by atomic mass is 9.96. The van der Waals surface area contributed by atoms with Crippen molar-refractivity contribution >= 4 is 23.2 Å². The highest BCUT2D eigenvalue weighted by atomic mass is 35.5. The maximum Gasteiger partial charge on any atom is 0.393 e. The topological polar surface area (TPSA) is 56.1 Å². The largest absolute Gasteiger partial charge is 0.393 e.